The van der Waals surface area contributed by atoms with Gasteiger partial charge in [0.2, 0.25) is 0 Å². The molecule has 0 radical (unpaired) electrons. The van der Waals surface area contributed by atoms with Crippen molar-refractivity contribution in [1.82, 2.24) is 14.9 Å². The molecule has 1 saturated heterocycles. The maximum atomic E-state index is 13.4. The zero-order valence-corrected chi connectivity index (χ0v) is 23.2. The van der Waals surface area contributed by atoms with Crippen LogP contribution in [0.25, 0.3) is 0 Å². The summed E-state index contributed by atoms with van der Waals surface area (Å²) in [7, 11) is -0.962. The van der Waals surface area contributed by atoms with Gasteiger partial charge in [0.25, 0.3) is 11.5 Å². The Morgan fingerprint density at radius 1 is 0.976 bits per heavy atom. The molecule has 2 heterocycles. The van der Waals surface area contributed by atoms with Crippen molar-refractivity contribution in [1.29, 1.82) is 0 Å². The van der Waals surface area contributed by atoms with Gasteiger partial charge >= 0.3 is 5.69 Å². The van der Waals surface area contributed by atoms with Gasteiger partial charge < -0.3 is 20.3 Å². The summed E-state index contributed by atoms with van der Waals surface area (Å²) in [4.78, 5) is 40.5. The molecule has 1 aromatic heterocycles. The van der Waals surface area contributed by atoms with Crippen LogP contribution in [-0.2, 0) is 11.2 Å². The second kappa shape index (κ2) is 13.2. The molecule has 41 heavy (non-hydrogen) atoms. The van der Waals surface area contributed by atoms with E-state index in [9.17, 15) is 24.6 Å². The van der Waals surface area contributed by atoms with Crippen molar-refractivity contribution in [3.8, 4) is 0 Å². The summed E-state index contributed by atoms with van der Waals surface area (Å²) in [6, 6.07) is 28.0. The molecule has 3 atom stereocenters. The average molecular weight is 574 g/mol. The van der Waals surface area contributed by atoms with Crippen molar-refractivity contribution >= 4 is 29.7 Å². The first-order valence-corrected chi connectivity index (χ1v) is 14.9. The van der Waals surface area contributed by atoms with E-state index in [0.29, 0.717) is 30.5 Å². The van der Waals surface area contributed by atoms with E-state index < -0.39 is 37.6 Å². The number of benzene rings is 3. The number of carbonyl (C=O) groups is 1. The highest BCUT2D eigenvalue weighted by Gasteiger charge is 2.35. The number of H-pyrrole nitrogens is 1. The highest BCUT2D eigenvalue weighted by atomic mass is 31.1. The van der Waals surface area contributed by atoms with Crippen LogP contribution in [0.2, 0.25) is 0 Å². The molecule has 5 rings (SSSR count). The van der Waals surface area contributed by atoms with Gasteiger partial charge in [-0.2, -0.15) is 0 Å². The SMILES string of the molecule is O=C(NCCCc1cn([C@H]2C[C@H](O)[C@@H](CO)O2)c(=O)[nH]c1=O)c1ccccc1P(c1ccccc1)c1ccccc1. The van der Waals surface area contributed by atoms with Gasteiger partial charge in [-0.05, 0) is 42.7 Å². The Kier molecular flexibility index (Phi) is 9.21. The van der Waals surface area contributed by atoms with Gasteiger partial charge in [-0.1, -0.05) is 78.9 Å². The number of rotatable bonds is 10. The molecule has 9 nitrogen and oxygen atoms in total. The van der Waals surface area contributed by atoms with Crippen LogP contribution in [0.1, 0.15) is 35.0 Å². The number of hydrogen-bond acceptors (Lipinski definition) is 6. The molecular weight excluding hydrogens is 541 g/mol. The summed E-state index contributed by atoms with van der Waals surface area (Å²) < 4.78 is 6.81. The Bertz CT molecular complexity index is 1550. The molecule has 212 valence electrons. The molecule has 0 unspecified atom stereocenters. The van der Waals surface area contributed by atoms with E-state index in [1.165, 1.54) is 10.8 Å². The van der Waals surface area contributed by atoms with E-state index in [-0.39, 0.29) is 18.9 Å². The number of aliphatic hydroxyl groups excluding tert-OH is 2. The minimum atomic E-state index is -0.962. The number of carbonyl (C=O) groups excluding carboxylic acids is 1. The normalized spacial score (nSPS) is 18.5. The third kappa shape index (κ3) is 6.55. The highest BCUT2D eigenvalue weighted by Crippen LogP contribution is 2.34. The van der Waals surface area contributed by atoms with Crippen LogP contribution in [0, 0.1) is 0 Å². The molecule has 1 aliphatic rings. The number of aryl methyl sites for hydroxylation is 1. The van der Waals surface area contributed by atoms with Gasteiger partial charge in [-0.25, -0.2) is 4.79 Å². The topological polar surface area (TPSA) is 134 Å². The predicted octanol–water partition coefficient (Wildman–Crippen LogP) is 1.30. The molecule has 0 spiro atoms. The van der Waals surface area contributed by atoms with E-state index in [0.717, 1.165) is 15.9 Å². The third-order valence-electron chi connectivity index (χ3n) is 7.06. The van der Waals surface area contributed by atoms with Crippen molar-refractivity contribution in [2.75, 3.05) is 13.2 Å². The summed E-state index contributed by atoms with van der Waals surface area (Å²) in [5, 5.41) is 25.6. The van der Waals surface area contributed by atoms with Gasteiger partial charge in [-0.3, -0.25) is 19.1 Å². The van der Waals surface area contributed by atoms with Gasteiger partial charge in [-0.15, -0.1) is 0 Å². The second-order valence-electron chi connectivity index (χ2n) is 9.82. The average Bonchev–Trinajstić information content (AvgIpc) is 3.37. The number of hydrogen-bond donors (Lipinski definition) is 4. The molecule has 0 saturated carbocycles. The number of ether oxygens (including phenoxy) is 1. The zero-order valence-electron chi connectivity index (χ0n) is 22.3. The van der Waals surface area contributed by atoms with Gasteiger partial charge in [0.05, 0.1) is 12.7 Å². The lowest BCUT2D eigenvalue weighted by atomic mass is 10.1. The maximum Gasteiger partial charge on any atom is 0.330 e. The number of aromatic amines is 1. The van der Waals surface area contributed by atoms with Crippen LogP contribution < -0.4 is 32.5 Å². The van der Waals surface area contributed by atoms with Crippen LogP contribution >= 0.6 is 7.92 Å². The molecule has 1 amide bonds. The Labute approximate surface area is 238 Å². The van der Waals surface area contributed by atoms with Crippen LogP contribution in [0.15, 0.2) is 101 Å². The van der Waals surface area contributed by atoms with Gasteiger partial charge in [0, 0.05) is 30.3 Å². The van der Waals surface area contributed by atoms with E-state index in [1.54, 1.807) is 0 Å². The lowest BCUT2D eigenvalue weighted by Crippen LogP contribution is -2.35. The second-order valence-corrected chi connectivity index (χ2v) is 12.0. The number of nitrogens with zero attached hydrogens (tertiary/aromatic N) is 1. The zero-order chi connectivity index (χ0) is 28.8. The first kappa shape index (κ1) is 28.6. The lowest BCUT2D eigenvalue weighted by molar-refractivity contribution is -0.0460. The predicted molar refractivity (Wildman–Crippen MR) is 159 cm³/mol. The molecule has 0 bridgehead atoms. The smallest absolute Gasteiger partial charge is 0.330 e. The largest absolute Gasteiger partial charge is 0.394 e. The van der Waals surface area contributed by atoms with Crippen LogP contribution in [0.5, 0.6) is 0 Å². The quantitative estimate of drug-likeness (QED) is 0.167. The molecule has 1 fully saturated rings. The first-order valence-electron chi connectivity index (χ1n) is 13.5. The third-order valence-corrected chi connectivity index (χ3v) is 9.56. The van der Waals surface area contributed by atoms with Crippen molar-refractivity contribution in [3.05, 3.63) is 123 Å². The molecule has 4 N–H and O–H groups in total. The molecule has 0 aliphatic carbocycles. The van der Waals surface area contributed by atoms with Crippen LogP contribution in [0.3, 0.4) is 0 Å². The van der Waals surface area contributed by atoms with Crippen LogP contribution in [-0.4, -0.2) is 51.0 Å². The Balaban J connectivity index is 1.29. The maximum absolute atomic E-state index is 13.4. The van der Waals surface area contributed by atoms with Crippen molar-refractivity contribution in [3.63, 3.8) is 0 Å². The van der Waals surface area contributed by atoms with Crippen molar-refractivity contribution < 1.29 is 19.7 Å². The van der Waals surface area contributed by atoms with Crippen molar-refractivity contribution in [2.24, 2.45) is 0 Å². The summed E-state index contributed by atoms with van der Waals surface area (Å²) in [5.41, 5.74) is -0.182. The molecular formula is C31H32N3O6P. The minimum Gasteiger partial charge on any atom is -0.394 e. The monoisotopic (exact) mass is 573 g/mol. The van der Waals surface area contributed by atoms with Gasteiger partial charge in [0.15, 0.2) is 0 Å². The highest BCUT2D eigenvalue weighted by molar-refractivity contribution is 7.80. The Morgan fingerprint density at radius 2 is 1.61 bits per heavy atom. The Morgan fingerprint density at radius 3 is 2.24 bits per heavy atom. The summed E-state index contributed by atoms with van der Waals surface area (Å²) in [6.45, 7) is -0.0460. The number of aliphatic hydroxyl groups is 2. The molecule has 3 aromatic carbocycles. The van der Waals surface area contributed by atoms with E-state index >= 15 is 0 Å². The summed E-state index contributed by atoms with van der Waals surface area (Å²) >= 11 is 0. The van der Waals surface area contributed by atoms with E-state index in [1.807, 2.05) is 60.7 Å². The number of nitrogens with one attached hydrogen (secondary N) is 2. The fourth-order valence-electron chi connectivity index (χ4n) is 4.99. The lowest BCUT2D eigenvalue weighted by Gasteiger charge is -2.22. The Hall–Kier alpha value is -3.88. The minimum absolute atomic E-state index is 0.126. The van der Waals surface area contributed by atoms with E-state index in [4.69, 9.17) is 4.74 Å². The summed E-state index contributed by atoms with van der Waals surface area (Å²) in [5.74, 6) is -0.192. The fraction of sp³-hybridized carbons (Fsp3) is 0.258. The molecule has 4 aromatic rings. The van der Waals surface area contributed by atoms with Crippen LogP contribution in [0.4, 0.5) is 0 Å². The summed E-state index contributed by atoms with van der Waals surface area (Å²) in [6.07, 6.45) is -0.139. The first-order chi connectivity index (χ1) is 20.0. The molecule has 10 heteroatoms. The standard InChI is InChI=1S/C31H32N3O6P/c35-20-26-25(36)18-28(40-26)34-19-21(29(37)33-31(34)39)10-9-17-32-30(38)24-15-7-8-16-27(24)41(22-11-3-1-4-12-22)23-13-5-2-6-14-23/h1-8,11-16,19,25-26,28,35-36H,9-10,17-18,20H2,(H,32,38)(H,33,37,39)/t25-,26+,28+/m0/s1. The van der Waals surface area contributed by atoms with Gasteiger partial charge in [0.1, 0.15) is 12.3 Å². The fourth-order valence-corrected chi connectivity index (χ4v) is 7.43. The number of aromatic nitrogens is 2. The van der Waals surface area contributed by atoms with Crippen molar-refractivity contribution in [2.45, 2.75) is 37.7 Å². The number of amides is 1. The molecule has 1 aliphatic heterocycles. The van der Waals surface area contributed by atoms with E-state index in [2.05, 4.69) is 34.6 Å².